The molecule has 1 saturated carbocycles. The molecule has 0 radical (unpaired) electrons. The Bertz CT molecular complexity index is 542. The van der Waals surface area contributed by atoms with Gasteiger partial charge in [0.15, 0.2) is 11.6 Å². The molecule has 3 atom stereocenters. The van der Waals surface area contributed by atoms with E-state index in [4.69, 9.17) is 0 Å². The molecule has 0 unspecified atom stereocenters. The van der Waals surface area contributed by atoms with Crippen LogP contribution >= 0.6 is 0 Å². The Labute approximate surface area is 113 Å². The highest BCUT2D eigenvalue weighted by atomic mass is 16.1. The van der Waals surface area contributed by atoms with Crippen LogP contribution in [0, 0.1) is 17.8 Å². The Morgan fingerprint density at radius 2 is 1.84 bits per heavy atom. The maximum absolute atomic E-state index is 12.7. The summed E-state index contributed by atoms with van der Waals surface area (Å²) in [5.74, 6) is 0.774. The molecule has 0 saturated heterocycles. The van der Waals surface area contributed by atoms with Gasteiger partial charge < -0.3 is 0 Å². The zero-order valence-corrected chi connectivity index (χ0v) is 11.1. The van der Waals surface area contributed by atoms with Crippen molar-refractivity contribution in [2.75, 3.05) is 0 Å². The number of rotatable bonds is 3. The number of Topliss-reactive ketones (excluding diaryl/α,β-unsaturated/α-hetero) is 2. The standard InChI is InChI=1S/C17H18O2/c1-11(18)15-10-13-8-5-9-14(13)16(15)17(19)12-6-3-2-4-7-12/h2-4,6-7,10,13-14,16H,5,8-9H2,1H3/t13-,14-,16+/m1/s1. The van der Waals surface area contributed by atoms with Crippen LogP contribution in [0.4, 0.5) is 0 Å². The topological polar surface area (TPSA) is 34.1 Å². The summed E-state index contributed by atoms with van der Waals surface area (Å²) < 4.78 is 0. The van der Waals surface area contributed by atoms with Crippen molar-refractivity contribution in [3.63, 3.8) is 0 Å². The Kier molecular flexibility index (Phi) is 3.09. The van der Waals surface area contributed by atoms with Crippen LogP contribution in [0.3, 0.4) is 0 Å². The van der Waals surface area contributed by atoms with Crippen LogP contribution in [0.25, 0.3) is 0 Å². The zero-order valence-electron chi connectivity index (χ0n) is 11.1. The molecule has 2 aliphatic carbocycles. The molecule has 3 rings (SSSR count). The lowest BCUT2D eigenvalue weighted by atomic mass is 9.81. The quantitative estimate of drug-likeness (QED) is 0.774. The van der Waals surface area contributed by atoms with Gasteiger partial charge >= 0.3 is 0 Å². The monoisotopic (exact) mass is 254 g/mol. The van der Waals surface area contributed by atoms with Gasteiger partial charge in [-0.15, -0.1) is 0 Å². The highest BCUT2D eigenvalue weighted by Crippen LogP contribution is 2.47. The number of benzene rings is 1. The summed E-state index contributed by atoms with van der Waals surface area (Å²) in [4.78, 5) is 24.5. The van der Waals surface area contributed by atoms with E-state index < -0.39 is 0 Å². The molecule has 0 aliphatic heterocycles. The fourth-order valence-corrected chi connectivity index (χ4v) is 3.66. The molecule has 1 aromatic carbocycles. The maximum atomic E-state index is 12.7. The van der Waals surface area contributed by atoms with Crippen LogP contribution in [0.1, 0.15) is 36.5 Å². The van der Waals surface area contributed by atoms with Crippen LogP contribution in [0.2, 0.25) is 0 Å². The first-order valence-corrected chi connectivity index (χ1v) is 7.00. The first-order chi connectivity index (χ1) is 9.18. The second-order valence-corrected chi connectivity index (χ2v) is 5.64. The number of hydrogen-bond acceptors (Lipinski definition) is 2. The average molecular weight is 254 g/mol. The first kappa shape index (κ1) is 12.3. The number of fused-ring (bicyclic) bond motifs is 1. The molecular formula is C17H18O2. The van der Waals surface area contributed by atoms with Crippen LogP contribution in [0.5, 0.6) is 0 Å². The molecule has 1 fully saturated rings. The van der Waals surface area contributed by atoms with Gasteiger partial charge in [-0.05, 0) is 31.6 Å². The second-order valence-electron chi connectivity index (χ2n) is 5.64. The number of hydrogen-bond donors (Lipinski definition) is 0. The molecule has 0 amide bonds. The SMILES string of the molecule is CC(=O)C1=C[C@H]2CCC[C@H]2[C@@H]1C(=O)c1ccccc1. The lowest BCUT2D eigenvalue weighted by Gasteiger charge is -2.20. The van der Waals surface area contributed by atoms with Crippen molar-refractivity contribution in [1.29, 1.82) is 0 Å². The Hall–Kier alpha value is -1.70. The Morgan fingerprint density at radius 3 is 2.53 bits per heavy atom. The van der Waals surface area contributed by atoms with Crippen molar-refractivity contribution < 1.29 is 9.59 Å². The average Bonchev–Trinajstić information content (AvgIpc) is 2.98. The second kappa shape index (κ2) is 4.76. The van der Waals surface area contributed by atoms with Gasteiger partial charge in [0.05, 0.1) is 5.92 Å². The largest absolute Gasteiger partial charge is 0.295 e. The van der Waals surface area contributed by atoms with Crippen molar-refractivity contribution >= 4 is 11.6 Å². The lowest BCUT2D eigenvalue weighted by molar-refractivity contribution is -0.114. The van der Waals surface area contributed by atoms with Gasteiger partial charge in [0, 0.05) is 11.1 Å². The van der Waals surface area contributed by atoms with Gasteiger partial charge in [0.1, 0.15) is 0 Å². The van der Waals surface area contributed by atoms with E-state index in [1.807, 2.05) is 30.3 Å². The molecule has 19 heavy (non-hydrogen) atoms. The predicted molar refractivity (Wildman–Crippen MR) is 73.9 cm³/mol. The van der Waals surface area contributed by atoms with Gasteiger partial charge in [0.2, 0.25) is 0 Å². The van der Waals surface area contributed by atoms with Gasteiger partial charge in [-0.3, -0.25) is 9.59 Å². The molecule has 2 aliphatic rings. The first-order valence-electron chi connectivity index (χ1n) is 7.00. The lowest BCUT2D eigenvalue weighted by Crippen LogP contribution is -2.25. The van der Waals surface area contributed by atoms with Crippen LogP contribution in [0.15, 0.2) is 42.0 Å². The minimum Gasteiger partial charge on any atom is -0.295 e. The van der Waals surface area contributed by atoms with Gasteiger partial charge in [0.25, 0.3) is 0 Å². The van der Waals surface area contributed by atoms with Crippen molar-refractivity contribution in [2.45, 2.75) is 26.2 Å². The van der Waals surface area contributed by atoms with Crippen molar-refractivity contribution in [3.8, 4) is 0 Å². The number of carbonyl (C=O) groups excluding carboxylic acids is 2. The summed E-state index contributed by atoms with van der Waals surface area (Å²) >= 11 is 0. The fourth-order valence-electron chi connectivity index (χ4n) is 3.66. The molecule has 0 heterocycles. The molecule has 2 heteroatoms. The highest BCUT2D eigenvalue weighted by molar-refractivity contribution is 6.07. The normalized spacial score (nSPS) is 28.9. The summed E-state index contributed by atoms with van der Waals surface area (Å²) in [6.07, 6.45) is 5.45. The van der Waals surface area contributed by atoms with Crippen molar-refractivity contribution in [1.82, 2.24) is 0 Å². The number of allylic oxidation sites excluding steroid dienone is 2. The van der Waals surface area contributed by atoms with E-state index in [0.717, 1.165) is 24.0 Å². The third kappa shape index (κ3) is 2.05. The summed E-state index contributed by atoms with van der Waals surface area (Å²) in [6.45, 7) is 1.58. The number of ketones is 2. The molecule has 0 spiro atoms. The minimum absolute atomic E-state index is 0.0590. The Balaban J connectivity index is 1.96. The Morgan fingerprint density at radius 1 is 1.11 bits per heavy atom. The number of carbonyl (C=O) groups is 2. The molecular weight excluding hydrogens is 236 g/mol. The third-order valence-electron chi connectivity index (χ3n) is 4.53. The third-order valence-corrected chi connectivity index (χ3v) is 4.53. The van der Waals surface area contributed by atoms with E-state index in [1.165, 1.54) is 6.42 Å². The van der Waals surface area contributed by atoms with E-state index in [0.29, 0.717) is 11.8 Å². The summed E-state index contributed by atoms with van der Waals surface area (Å²) in [6, 6.07) is 9.37. The van der Waals surface area contributed by atoms with Gasteiger partial charge in [-0.2, -0.15) is 0 Å². The molecule has 2 nitrogen and oxygen atoms in total. The predicted octanol–water partition coefficient (Wildman–Crippen LogP) is 3.43. The fraction of sp³-hybridized carbons (Fsp3) is 0.412. The smallest absolute Gasteiger partial charge is 0.170 e. The van der Waals surface area contributed by atoms with Crippen LogP contribution in [-0.4, -0.2) is 11.6 Å². The molecule has 1 aromatic rings. The van der Waals surface area contributed by atoms with E-state index in [-0.39, 0.29) is 17.5 Å². The molecule has 0 bridgehead atoms. The van der Waals surface area contributed by atoms with Crippen molar-refractivity contribution in [2.24, 2.45) is 17.8 Å². The van der Waals surface area contributed by atoms with E-state index in [2.05, 4.69) is 6.08 Å². The summed E-state index contributed by atoms with van der Waals surface area (Å²) in [5, 5.41) is 0. The van der Waals surface area contributed by atoms with Gasteiger partial charge in [-0.25, -0.2) is 0 Å². The van der Waals surface area contributed by atoms with Crippen molar-refractivity contribution in [3.05, 3.63) is 47.5 Å². The summed E-state index contributed by atoms with van der Waals surface area (Å²) in [5.41, 5.74) is 1.48. The highest BCUT2D eigenvalue weighted by Gasteiger charge is 2.44. The van der Waals surface area contributed by atoms with E-state index in [1.54, 1.807) is 6.92 Å². The summed E-state index contributed by atoms with van der Waals surface area (Å²) in [7, 11) is 0. The molecule has 0 aromatic heterocycles. The van der Waals surface area contributed by atoms with E-state index >= 15 is 0 Å². The maximum Gasteiger partial charge on any atom is 0.170 e. The molecule has 98 valence electrons. The van der Waals surface area contributed by atoms with Crippen LogP contribution < -0.4 is 0 Å². The van der Waals surface area contributed by atoms with Crippen LogP contribution in [-0.2, 0) is 4.79 Å². The molecule has 0 N–H and O–H groups in total. The zero-order chi connectivity index (χ0) is 13.4. The van der Waals surface area contributed by atoms with Gasteiger partial charge in [-0.1, -0.05) is 42.8 Å². The minimum atomic E-state index is -0.201. The van der Waals surface area contributed by atoms with E-state index in [9.17, 15) is 9.59 Å².